The SMILES string of the molecule is Cc1c(F)cccc1Nc1ccc(C(N)=S)cn1. The van der Waals surface area contributed by atoms with Gasteiger partial charge in [0.1, 0.15) is 16.6 Å². The number of pyridine rings is 1. The second kappa shape index (κ2) is 5.10. The van der Waals surface area contributed by atoms with Crippen molar-refractivity contribution < 1.29 is 4.39 Å². The minimum atomic E-state index is -0.250. The number of benzene rings is 1. The number of nitrogens with two attached hydrogens (primary N) is 1. The molecule has 0 atom stereocenters. The van der Waals surface area contributed by atoms with Gasteiger partial charge in [0, 0.05) is 23.0 Å². The van der Waals surface area contributed by atoms with Crippen LogP contribution < -0.4 is 11.1 Å². The third-order valence-electron chi connectivity index (χ3n) is 2.58. The Morgan fingerprint density at radius 2 is 2.11 bits per heavy atom. The maximum absolute atomic E-state index is 13.4. The van der Waals surface area contributed by atoms with Crippen LogP contribution in [0.3, 0.4) is 0 Å². The van der Waals surface area contributed by atoms with Gasteiger partial charge in [0.25, 0.3) is 0 Å². The van der Waals surface area contributed by atoms with Gasteiger partial charge in [-0.3, -0.25) is 0 Å². The summed E-state index contributed by atoms with van der Waals surface area (Å²) in [5.74, 6) is 0.364. The molecule has 92 valence electrons. The van der Waals surface area contributed by atoms with Crippen molar-refractivity contribution in [3.8, 4) is 0 Å². The van der Waals surface area contributed by atoms with Gasteiger partial charge in [0.15, 0.2) is 0 Å². The summed E-state index contributed by atoms with van der Waals surface area (Å²) in [6, 6.07) is 8.38. The van der Waals surface area contributed by atoms with Crippen molar-refractivity contribution in [3.05, 3.63) is 53.5 Å². The van der Waals surface area contributed by atoms with Gasteiger partial charge < -0.3 is 11.1 Å². The van der Waals surface area contributed by atoms with E-state index in [1.165, 1.54) is 6.07 Å². The van der Waals surface area contributed by atoms with E-state index in [0.717, 1.165) is 0 Å². The van der Waals surface area contributed by atoms with Crippen LogP contribution >= 0.6 is 12.2 Å². The largest absolute Gasteiger partial charge is 0.389 e. The second-order valence-corrected chi connectivity index (χ2v) is 4.27. The molecule has 0 unspecified atom stereocenters. The average Bonchev–Trinajstić information content (AvgIpc) is 2.36. The lowest BCUT2D eigenvalue weighted by atomic mass is 10.2. The van der Waals surface area contributed by atoms with Gasteiger partial charge in [0.2, 0.25) is 0 Å². The summed E-state index contributed by atoms with van der Waals surface area (Å²) in [6.07, 6.45) is 1.58. The first-order valence-corrected chi connectivity index (χ1v) is 5.77. The zero-order valence-corrected chi connectivity index (χ0v) is 10.6. The first-order valence-electron chi connectivity index (χ1n) is 5.36. The highest BCUT2D eigenvalue weighted by Gasteiger charge is 2.04. The maximum atomic E-state index is 13.4. The Kier molecular flexibility index (Phi) is 3.53. The molecule has 0 saturated heterocycles. The lowest BCUT2D eigenvalue weighted by Crippen LogP contribution is -2.09. The molecule has 2 aromatic rings. The molecule has 2 rings (SSSR count). The van der Waals surface area contributed by atoms with Crippen LogP contribution in [0.5, 0.6) is 0 Å². The van der Waals surface area contributed by atoms with E-state index in [9.17, 15) is 4.39 Å². The monoisotopic (exact) mass is 261 g/mol. The number of hydrogen-bond donors (Lipinski definition) is 2. The van der Waals surface area contributed by atoms with Crippen molar-refractivity contribution in [2.24, 2.45) is 5.73 Å². The van der Waals surface area contributed by atoms with Crippen LogP contribution in [0.1, 0.15) is 11.1 Å². The smallest absolute Gasteiger partial charge is 0.130 e. The van der Waals surface area contributed by atoms with E-state index in [-0.39, 0.29) is 5.82 Å². The second-order valence-electron chi connectivity index (χ2n) is 3.83. The van der Waals surface area contributed by atoms with Crippen LogP contribution in [0.25, 0.3) is 0 Å². The van der Waals surface area contributed by atoms with Gasteiger partial charge in [-0.1, -0.05) is 18.3 Å². The van der Waals surface area contributed by atoms with E-state index in [1.807, 2.05) is 0 Å². The predicted molar refractivity (Wildman–Crippen MR) is 74.5 cm³/mol. The van der Waals surface area contributed by atoms with Gasteiger partial charge in [-0.15, -0.1) is 0 Å². The van der Waals surface area contributed by atoms with Crippen LogP contribution in [0.2, 0.25) is 0 Å². The lowest BCUT2D eigenvalue weighted by Gasteiger charge is -2.09. The Morgan fingerprint density at radius 3 is 2.72 bits per heavy atom. The van der Waals surface area contributed by atoms with Crippen molar-refractivity contribution in [2.75, 3.05) is 5.32 Å². The van der Waals surface area contributed by atoms with E-state index in [2.05, 4.69) is 10.3 Å². The van der Waals surface area contributed by atoms with Gasteiger partial charge in [0.05, 0.1) is 0 Å². The fraction of sp³-hybridized carbons (Fsp3) is 0.0769. The minimum absolute atomic E-state index is 0.250. The quantitative estimate of drug-likeness (QED) is 0.834. The summed E-state index contributed by atoms with van der Waals surface area (Å²) in [6.45, 7) is 1.71. The maximum Gasteiger partial charge on any atom is 0.130 e. The molecule has 18 heavy (non-hydrogen) atoms. The van der Waals surface area contributed by atoms with Gasteiger partial charge in [-0.25, -0.2) is 9.37 Å². The first kappa shape index (κ1) is 12.4. The van der Waals surface area contributed by atoms with Crippen LogP contribution in [0, 0.1) is 12.7 Å². The topological polar surface area (TPSA) is 50.9 Å². The van der Waals surface area contributed by atoms with Crippen LogP contribution in [-0.4, -0.2) is 9.97 Å². The molecule has 0 aliphatic rings. The van der Waals surface area contributed by atoms with Gasteiger partial charge in [-0.2, -0.15) is 0 Å². The Hall–Kier alpha value is -2.01. The molecule has 0 aliphatic carbocycles. The predicted octanol–water partition coefficient (Wildman–Crippen LogP) is 2.91. The lowest BCUT2D eigenvalue weighted by molar-refractivity contribution is 0.619. The van der Waals surface area contributed by atoms with E-state index in [0.29, 0.717) is 27.6 Å². The molecule has 1 aromatic heterocycles. The fourth-order valence-corrected chi connectivity index (χ4v) is 1.62. The van der Waals surface area contributed by atoms with Gasteiger partial charge in [-0.05, 0) is 31.2 Å². The Bertz CT molecular complexity index is 581. The summed E-state index contributed by atoms with van der Waals surface area (Å²) in [5.41, 5.74) is 7.42. The number of nitrogens with one attached hydrogen (secondary N) is 1. The fourth-order valence-electron chi connectivity index (χ4n) is 1.49. The molecule has 5 heteroatoms. The number of thiocarbonyl (C=S) groups is 1. The molecular formula is C13H12FN3S. The van der Waals surface area contributed by atoms with E-state index in [1.54, 1.807) is 37.4 Å². The summed E-state index contributed by atoms with van der Waals surface area (Å²) >= 11 is 4.84. The molecule has 0 saturated carbocycles. The van der Waals surface area contributed by atoms with E-state index in [4.69, 9.17) is 18.0 Å². The van der Waals surface area contributed by atoms with Crippen molar-refractivity contribution in [1.82, 2.24) is 4.98 Å². The molecule has 0 amide bonds. The van der Waals surface area contributed by atoms with Crippen molar-refractivity contribution >= 4 is 28.7 Å². The molecular weight excluding hydrogens is 249 g/mol. The third-order valence-corrected chi connectivity index (χ3v) is 2.81. The Labute approximate surface area is 110 Å². The van der Waals surface area contributed by atoms with Crippen LogP contribution in [0.15, 0.2) is 36.5 Å². The molecule has 1 heterocycles. The van der Waals surface area contributed by atoms with Crippen LogP contribution in [-0.2, 0) is 0 Å². The van der Waals surface area contributed by atoms with E-state index >= 15 is 0 Å². The molecule has 1 aromatic carbocycles. The number of rotatable bonds is 3. The average molecular weight is 261 g/mol. The normalized spacial score (nSPS) is 10.1. The number of hydrogen-bond acceptors (Lipinski definition) is 3. The summed E-state index contributed by atoms with van der Waals surface area (Å²) in [5, 5.41) is 3.04. The number of nitrogens with zero attached hydrogens (tertiary/aromatic N) is 1. The summed E-state index contributed by atoms with van der Waals surface area (Å²) in [4.78, 5) is 4.47. The molecule has 0 radical (unpaired) electrons. The summed E-state index contributed by atoms with van der Waals surface area (Å²) in [7, 11) is 0. The van der Waals surface area contributed by atoms with E-state index < -0.39 is 0 Å². The first-order chi connectivity index (χ1) is 8.58. The molecule has 0 spiro atoms. The number of aromatic nitrogens is 1. The zero-order chi connectivity index (χ0) is 13.1. The standard InChI is InChI=1S/C13H12FN3S/c1-8-10(14)3-2-4-11(8)17-12-6-5-9(7-16-12)13(15)18/h2-7H,1H3,(H2,15,18)(H,16,17). The molecule has 0 fully saturated rings. The number of halogens is 1. The highest BCUT2D eigenvalue weighted by atomic mass is 32.1. The third kappa shape index (κ3) is 2.62. The van der Waals surface area contributed by atoms with Crippen molar-refractivity contribution in [2.45, 2.75) is 6.92 Å². The Morgan fingerprint density at radius 1 is 1.33 bits per heavy atom. The van der Waals surface area contributed by atoms with Crippen molar-refractivity contribution in [3.63, 3.8) is 0 Å². The highest BCUT2D eigenvalue weighted by Crippen LogP contribution is 2.21. The van der Waals surface area contributed by atoms with Crippen molar-refractivity contribution in [1.29, 1.82) is 0 Å². The molecule has 3 nitrogen and oxygen atoms in total. The Balaban J connectivity index is 2.24. The molecule has 3 N–H and O–H groups in total. The van der Waals surface area contributed by atoms with Gasteiger partial charge >= 0.3 is 0 Å². The minimum Gasteiger partial charge on any atom is -0.389 e. The zero-order valence-electron chi connectivity index (χ0n) is 9.77. The molecule has 0 aliphatic heterocycles. The molecule has 0 bridgehead atoms. The van der Waals surface area contributed by atoms with Crippen LogP contribution in [0.4, 0.5) is 15.9 Å². The highest BCUT2D eigenvalue weighted by molar-refractivity contribution is 7.80. The number of anilines is 2. The summed E-state index contributed by atoms with van der Waals surface area (Å²) < 4.78 is 13.4.